The standard InChI is InChI=1S/C16H24N2O2/c17-13-7-6-10-15(11-13)20-12-16(19)18-14-8-4-2-1-3-5-9-14/h6-7,10-11,14H,1-5,8-9,12,17H2,(H,18,19). The highest BCUT2D eigenvalue weighted by Crippen LogP contribution is 2.17. The molecule has 1 aliphatic carbocycles. The fourth-order valence-corrected chi connectivity index (χ4v) is 2.62. The number of anilines is 1. The van der Waals surface area contributed by atoms with Crippen LogP contribution in [0.1, 0.15) is 44.9 Å². The number of benzene rings is 1. The predicted octanol–water partition coefficient (Wildman–Crippen LogP) is 2.88. The lowest BCUT2D eigenvalue weighted by molar-refractivity contribution is -0.123. The maximum atomic E-state index is 11.9. The van der Waals surface area contributed by atoms with E-state index in [2.05, 4.69) is 5.32 Å². The summed E-state index contributed by atoms with van der Waals surface area (Å²) in [6, 6.07) is 7.45. The molecule has 4 nitrogen and oxygen atoms in total. The van der Waals surface area contributed by atoms with Gasteiger partial charge in [0.2, 0.25) is 0 Å². The molecule has 0 atom stereocenters. The van der Waals surface area contributed by atoms with Gasteiger partial charge in [-0.3, -0.25) is 4.79 Å². The van der Waals surface area contributed by atoms with Gasteiger partial charge >= 0.3 is 0 Å². The number of rotatable bonds is 4. The average Bonchev–Trinajstić information content (AvgIpc) is 2.39. The van der Waals surface area contributed by atoms with Crippen molar-refractivity contribution in [2.75, 3.05) is 12.3 Å². The van der Waals surface area contributed by atoms with Gasteiger partial charge in [0.05, 0.1) is 0 Å². The first kappa shape index (κ1) is 14.7. The van der Waals surface area contributed by atoms with Crippen LogP contribution in [0.3, 0.4) is 0 Å². The zero-order valence-corrected chi connectivity index (χ0v) is 11.9. The number of nitrogen functional groups attached to an aromatic ring is 1. The van der Waals surface area contributed by atoms with E-state index in [0.717, 1.165) is 12.8 Å². The van der Waals surface area contributed by atoms with Crippen molar-refractivity contribution in [3.05, 3.63) is 24.3 Å². The summed E-state index contributed by atoms with van der Waals surface area (Å²) in [4.78, 5) is 11.9. The molecule has 3 N–H and O–H groups in total. The first-order chi connectivity index (χ1) is 9.74. The first-order valence-corrected chi connectivity index (χ1v) is 7.52. The number of hydrogen-bond donors (Lipinski definition) is 2. The fourth-order valence-electron chi connectivity index (χ4n) is 2.62. The number of nitrogens with one attached hydrogen (secondary N) is 1. The van der Waals surface area contributed by atoms with E-state index in [4.69, 9.17) is 10.5 Å². The molecule has 2 rings (SSSR count). The molecular weight excluding hydrogens is 252 g/mol. The molecule has 20 heavy (non-hydrogen) atoms. The maximum absolute atomic E-state index is 11.9. The second kappa shape index (κ2) is 7.78. The van der Waals surface area contributed by atoms with E-state index in [1.54, 1.807) is 18.2 Å². The quantitative estimate of drug-likeness (QED) is 0.831. The summed E-state index contributed by atoms with van der Waals surface area (Å²) < 4.78 is 5.45. The monoisotopic (exact) mass is 276 g/mol. The van der Waals surface area contributed by atoms with Crippen LogP contribution in [0, 0.1) is 0 Å². The Labute approximate surface area is 120 Å². The summed E-state index contributed by atoms with van der Waals surface area (Å²) in [5, 5.41) is 3.08. The Morgan fingerprint density at radius 3 is 2.60 bits per heavy atom. The van der Waals surface area contributed by atoms with Crippen molar-refractivity contribution in [2.45, 2.75) is 51.0 Å². The lowest BCUT2D eigenvalue weighted by Crippen LogP contribution is -2.38. The zero-order valence-electron chi connectivity index (χ0n) is 11.9. The Bertz CT molecular complexity index is 426. The van der Waals surface area contributed by atoms with Crippen LogP contribution >= 0.6 is 0 Å². The second-order valence-electron chi connectivity index (χ2n) is 5.47. The van der Waals surface area contributed by atoms with Crippen LogP contribution < -0.4 is 15.8 Å². The number of hydrogen-bond acceptors (Lipinski definition) is 3. The third-order valence-electron chi connectivity index (χ3n) is 3.70. The summed E-state index contributed by atoms with van der Waals surface area (Å²) in [5.41, 5.74) is 6.31. The third kappa shape index (κ3) is 5.11. The van der Waals surface area contributed by atoms with E-state index in [0.29, 0.717) is 17.5 Å². The number of carbonyl (C=O) groups excluding carboxylic acids is 1. The van der Waals surface area contributed by atoms with Crippen LogP contribution in [-0.2, 0) is 4.79 Å². The average molecular weight is 276 g/mol. The summed E-state index contributed by atoms with van der Waals surface area (Å²) >= 11 is 0. The van der Waals surface area contributed by atoms with Gasteiger partial charge in [-0.15, -0.1) is 0 Å². The van der Waals surface area contributed by atoms with Crippen molar-refractivity contribution < 1.29 is 9.53 Å². The van der Waals surface area contributed by atoms with Crippen molar-refractivity contribution >= 4 is 11.6 Å². The molecule has 0 unspecified atom stereocenters. The van der Waals surface area contributed by atoms with E-state index in [1.165, 1.54) is 32.1 Å². The largest absolute Gasteiger partial charge is 0.484 e. The Morgan fingerprint density at radius 1 is 1.20 bits per heavy atom. The Kier molecular flexibility index (Phi) is 5.71. The van der Waals surface area contributed by atoms with Crippen LogP contribution in [0.5, 0.6) is 5.75 Å². The van der Waals surface area contributed by atoms with Gasteiger partial charge in [-0.1, -0.05) is 38.2 Å². The summed E-state index contributed by atoms with van der Waals surface area (Å²) in [7, 11) is 0. The molecule has 4 heteroatoms. The highest BCUT2D eigenvalue weighted by molar-refractivity contribution is 5.77. The first-order valence-electron chi connectivity index (χ1n) is 7.52. The van der Waals surface area contributed by atoms with E-state index in [9.17, 15) is 4.79 Å². The molecule has 0 saturated heterocycles. The molecule has 1 aromatic rings. The Morgan fingerprint density at radius 2 is 1.90 bits per heavy atom. The molecule has 1 saturated carbocycles. The van der Waals surface area contributed by atoms with Crippen LogP contribution in [0.4, 0.5) is 5.69 Å². The summed E-state index contributed by atoms with van der Waals surface area (Å²) in [5.74, 6) is 0.593. The van der Waals surface area contributed by atoms with E-state index >= 15 is 0 Å². The molecular formula is C16H24N2O2. The molecule has 0 radical (unpaired) electrons. The molecule has 0 heterocycles. The molecule has 0 bridgehead atoms. The van der Waals surface area contributed by atoms with Crippen molar-refractivity contribution in [1.29, 1.82) is 0 Å². The molecule has 1 amide bonds. The summed E-state index contributed by atoms with van der Waals surface area (Å²) in [6.45, 7) is 0.0555. The minimum atomic E-state index is -0.0435. The minimum absolute atomic E-state index is 0.0435. The topological polar surface area (TPSA) is 64.3 Å². The smallest absolute Gasteiger partial charge is 0.258 e. The van der Waals surface area contributed by atoms with Gasteiger partial charge in [0.1, 0.15) is 5.75 Å². The van der Waals surface area contributed by atoms with E-state index in [1.807, 2.05) is 6.07 Å². The van der Waals surface area contributed by atoms with Crippen LogP contribution in [0.2, 0.25) is 0 Å². The molecule has 0 spiro atoms. The summed E-state index contributed by atoms with van der Waals surface area (Å²) in [6.07, 6.45) is 8.49. The van der Waals surface area contributed by atoms with Crippen molar-refractivity contribution in [1.82, 2.24) is 5.32 Å². The molecule has 1 aromatic carbocycles. The SMILES string of the molecule is Nc1cccc(OCC(=O)NC2CCCCCCC2)c1. The number of amides is 1. The highest BCUT2D eigenvalue weighted by atomic mass is 16.5. The molecule has 0 aliphatic heterocycles. The van der Waals surface area contributed by atoms with Crippen molar-refractivity contribution in [2.24, 2.45) is 0 Å². The minimum Gasteiger partial charge on any atom is -0.484 e. The van der Waals surface area contributed by atoms with Gasteiger partial charge in [0.25, 0.3) is 5.91 Å². The molecule has 0 aromatic heterocycles. The van der Waals surface area contributed by atoms with Gasteiger partial charge in [-0.05, 0) is 25.0 Å². The van der Waals surface area contributed by atoms with Gasteiger partial charge in [-0.25, -0.2) is 0 Å². The maximum Gasteiger partial charge on any atom is 0.258 e. The van der Waals surface area contributed by atoms with E-state index in [-0.39, 0.29) is 12.5 Å². The lowest BCUT2D eigenvalue weighted by atomic mass is 9.97. The third-order valence-corrected chi connectivity index (χ3v) is 3.70. The van der Waals surface area contributed by atoms with Gasteiger partial charge in [-0.2, -0.15) is 0 Å². The normalized spacial score (nSPS) is 17.0. The Balaban J connectivity index is 1.74. The van der Waals surface area contributed by atoms with Crippen LogP contribution in [-0.4, -0.2) is 18.6 Å². The van der Waals surface area contributed by atoms with Gasteiger partial charge < -0.3 is 15.8 Å². The van der Waals surface area contributed by atoms with Gasteiger partial charge in [0.15, 0.2) is 6.61 Å². The molecule has 1 aliphatic rings. The van der Waals surface area contributed by atoms with Crippen LogP contribution in [0.15, 0.2) is 24.3 Å². The highest BCUT2D eigenvalue weighted by Gasteiger charge is 2.14. The predicted molar refractivity (Wildman–Crippen MR) is 80.6 cm³/mol. The fraction of sp³-hybridized carbons (Fsp3) is 0.562. The van der Waals surface area contributed by atoms with Gasteiger partial charge in [0, 0.05) is 17.8 Å². The van der Waals surface area contributed by atoms with Crippen LogP contribution in [0.25, 0.3) is 0 Å². The van der Waals surface area contributed by atoms with Crippen molar-refractivity contribution in [3.8, 4) is 5.75 Å². The lowest BCUT2D eigenvalue weighted by Gasteiger charge is -2.21. The second-order valence-corrected chi connectivity index (χ2v) is 5.47. The van der Waals surface area contributed by atoms with E-state index < -0.39 is 0 Å². The number of carbonyl (C=O) groups is 1. The molecule has 1 fully saturated rings. The number of ether oxygens (including phenoxy) is 1. The number of nitrogens with two attached hydrogens (primary N) is 1. The Hall–Kier alpha value is -1.71. The van der Waals surface area contributed by atoms with Crippen molar-refractivity contribution in [3.63, 3.8) is 0 Å². The molecule has 110 valence electrons. The zero-order chi connectivity index (χ0) is 14.2.